The molecule has 0 saturated heterocycles. The van der Waals surface area contributed by atoms with Gasteiger partial charge >= 0.3 is 0 Å². The van der Waals surface area contributed by atoms with Gasteiger partial charge in [-0.15, -0.1) is 0 Å². The fourth-order valence-electron chi connectivity index (χ4n) is 3.75. The molecule has 2 aromatic carbocycles. The topological polar surface area (TPSA) is 78.1 Å². The monoisotopic (exact) mass is 408 g/mol. The Labute approximate surface area is 173 Å². The van der Waals surface area contributed by atoms with Gasteiger partial charge in [-0.05, 0) is 49.7 Å². The predicted octanol–water partition coefficient (Wildman–Crippen LogP) is 4.38. The number of halogens is 1. The maximum absolute atomic E-state index is 13.3. The number of aromatic nitrogens is 2. The predicted molar refractivity (Wildman–Crippen MR) is 114 cm³/mol. The minimum Gasteiger partial charge on any atom is -0.322 e. The van der Waals surface area contributed by atoms with Gasteiger partial charge in [0.05, 0.1) is 5.52 Å². The highest BCUT2D eigenvalue weighted by Gasteiger charge is 2.34. The van der Waals surface area contributed by atoms with Crippen LogP contribution in [0.15, 0.2) is 53.7 Å². The first-order valence-corrected chi connectivity index (χ1v) is 9.72. The lowest BCUT2D eigenvalue weighted by Crippen LogP contribution is -2.36. The number of anilines is 1. The molecular formula is C22H21ClN4O2. The summed E-state index contributed by atoms with van der Waals surface area (Å²) in [6.45, 7) is 3.74. The highest BCUT2D eigenvalue weighted by Crippen LogP contribution is 2.37. The summed E-state index contributed by atoms with van der Waals surface area (Å²) in [5.74, 6) is -0.563. The van der Waals surface area contributed by atoms with Gasteiger partial charge in [0.25, 0.3) is 5.91 Å². The van der Waals surface area contributed by atoms with Crippen molar-refractivity contribution in [1.29, 1.82) is 0 Å². The van der Waals surface area contributed by atoms with E-state index in [1.54, 1.807) is 31.0 Å². The molecule has 6 nitrogen and oxygen atoms in total. The van der Waals surface area contributed by atoms with Gasteiger partial charge in [-0.1, -0.05) is 23.7 Å². The fourth-order valence-corrected chi connectivity index (χ4v) is 3.88. The maximum atomic E-state index is 13.3. The van der Waals surface area contributed by atoms with Crippen molar-refractivity contribution in [2.24, 2.45) is 0 Å². The van der Waals surface area contributed by atoms with E-state index in [1.165, 1.54) is 0 Å². The molecule has 1 aliphatic rings. The lowest BCUT2D eigenvalue weighted by molar-refractivity contribution is -0.129. The number of H-pyrrole nitrogens is 1. The molecule has 0 fully saturated rings. The molecule has 0 aliphatic carbocycles. The number of amides is 2. The third-order valence-electron chi connectivity index (χ3n) is 5.51. The van der Waals surface area contributed by atoms with Crippen LogP contribution in [-0.2, 0) is 9.59 Å². The summed E-state index contributed by atoms with van der Waals surface area (Å²) in [7, 11) is 1.70. The Morgan fingerprint density at radius 1 is 1.21 bits per heavy atom. The summed E-state index contributed by atoms with van der Waals surface area (Å²) in [5, 5.41) is 11.7. The summed E-state index contributed by atoms with van der Waals surface area (Å²) >= 11 is 6.01. The quantitative estimate of drug-likeness (QED) is 0.674. The van der Waals surface area contributed by atoms with E-state index in [4.69, 9.17) is 11.6 Å². The van der Waals surface area contributed by atoms with Crippen molar-refractivity contribution in [3.63, 3.8) is 0 Å². The molecule has 0 radical (unpaired) electrons. The second kappa shape index (κ2) is 7.37. The minimum atomic E-state index is -0.324. The molecule has 1 aliphatic heterocycles. The van der Waals surface area contributed by atoms with Crippen LogP contribution in [0.5, 0.6) is 0 Å². The Morgan fingerprint density at radius 3 is 2.66 bits per heavy atom. The number of rotatable bonds is 3. The van der Waals surface area contributed by atoms with E-state index in [0.29, 0.717) is 22.0 Å². The molecule has 1 unspecified atom stereocenters. The zero-order valence-corrected chi connectivity index (χ0v) is 17.2. The zero-order chi connectivity index (χ0) is 20.7. The Morgan fingerprint density at radius 2 is 1.93 bits per heavy atom. The van der Waals surface area contributed by atoms with Crippen molar-refractivity contribution in [1.82, 2.24) is 15.1 Å². The molecule has 148 valence electrons. The Balaban J connectivity index is 1.71. The summed E-state index contributed by atoms with van der Waals surface area (Å²) in [4.78, 5) is 27.3. The Kier molecular flexibility index (Phi) is 4.88. The van der Waals surface area contributed by atoms with E-state index in [-0.39, 0.29) is 24.2 Å². The van der Waals surface area contributed by atoms with Gasteiger partial charge in [-0.3, -0.25) is 14.7 Å². The largest absolute Gasteiger partial charge is 0.322 e. The average Bonchev–Trinajstić information content (AvgIpc) is 3.07. The summed E-state index contributed by atoms with van der Waals surface area (Å²) < 4.78 is 0. The number of aromatic amines is 1. The van der Waals surface area contributed by atoms with Crippen molar-refractivity contribution in [2.45, 2.75) is 26.2 Å². The second-order valence-corrected chi connectivity index (χ2v) is 7.73. The van der Waals surface area contributed by atoms with Crippen molar-refractivity contribution in [2.75, 3.05) is 12.4 Å². The van der Waals surface area contributed by atoms with E-state index < -0.39 is 0 Å². The van der Waals surface area contributed by atoms with Crippen LogP contribution in [-0.4, -0.2) is 34.0 Å². The van der Waals surface area contributed by atoms with Gasteiger partial charge in [-0.2, -0.15) is 5.10 Å². The molecule has 2 heterocycles. The highest BCUT2D eigenvalue weighted by atomic mass is 35.5. The van der Waals surface area contributed by atoms with E-state index in [0.717, 1.165) is 22.2 Å². The molecule has 1 atom stereocenters. The van der Waals surface area contributed by atoms with Gasteiger partial charge in [-0.25, -0.2) is 0 Å². The van der Waals surface area contributed by atoms with Gasteiger partial charge in [0.1, 0.15) is 0 Å². The van der Waals surface area contributed by atoms with Gasteiger partial charge < -0.3 is 10.2 Å². The molecule has 4 rings (SSSR count). The number of nitrogens with one attached hydrogen (secondary N) is 2. The van der Waals surface area contributed by atoms with Gasteiger partial charge in [0.15, 0.2) is 0 Å². The van der Waals surface area contributed by atoms with Crippen LogP contribution < -0.4 is 5.32 Å². The van der Waals surface area contributed by atoms with E-state index in [9.17, 15) is 9.59 Å². The van der Waals surface area contributed by atoms with E-state index in [1.807, 2.05) is 37.3 Å². The molecule has 1 aromatic heterocycles. The Bertz CT molecular complexity index is 1150. The third kappa shape index (κ3) is 3.51. The van der Waals surface area contributed by atoms with Crippen molar-refractivity contribution < 1.29 is 9.59 Å². The number of hydrogen-bond acceptors (Lipinski definition) is 3. The number of carbonyl (C=O) groups is 2. The minimum absolute atomic E-state index is 0.0190. The number of benzene rings is 2. The molecule has 2 amide bonds. The van der Waals surface area contributed by atoms with Crippen LogP contribution in [0.1, 0.15) is 30.5 Å². The highest BCUT2D eigenvalue weighted by molar-refractivity contribution is 6.30. The smallest absolute Gasteiger partial charge is 0.253 e. The molecule has 0 bridgehead atoms. The van der Waals surface area contributed by atoms with Crippen LogP contribution in [0, 0.1) is 6.92 Å². The molecule has 0 saturated carbocycles. The molecule has 29 heavy (non-hydrogen) atoms. The zero-order valence-electron chi connectivity index (χ0n) is 16.4. The number of fused-ring (bicyclic) bond motifs is 1. The van der Waals surface area contributed by atoms with E-state index >= 15 is 0 Å². The molecule has 2 N–H and O–H groups in total. The van der Waals surface area contributed by atoms with Crippen LogP contribution in [0.2, 0.25) is 5.02 Å². The van der Waals surface area contributed by atoms with Gasteiger partial charge in [0, 0.05) is 52.4 Å². The SMILES string of the molecule is CC1=C(C(=O)Nc2ccc3n[nH]c(C)c3c2)C(c2ccc(Cl)cc2)CC(=O)N1C. The fraction of sp³-hybridized carbons (Fsp3) is 0.227. The van der Waals surface area contributed by atoms with Crippen LogP contribution >= 0.6 is 11.6 Å². The first-order valence-electron chi connectivity index (χ1n) is 9.34. The van der Waals surface area contributed by atoms with Crippen LogP contribution in [0.25, 0.3) is 10.9 Å². The van der Waals surface area contributed by atoms with Crippen molar-refractivity contribution in [3.05, 3.63) is 70.0 Å². The van der Waals surface area contributed by atoms with Crippen molar-refractivity contribution in [3.8, 4) is 0 Å². The number of aryl methyl sites for hydroxylation is 1. The Hall–Kier alpha value is -3.12. The summed E-state index contributed by atoms with van der Waals surface area (Å²) in [6, 6.07) is 12.9. The lowest BCUT2D eigenvalue weighted by atomic mass is 9.83. The van der Waals surface area contributed by atoms with Gasteiger partial charge in [0.2, 0.25) is 5.91 Å². The first-order chi connectivity index (χ1) is 13.8. The lowest BCUT2D eigenvalue weighted by Gasteiger charge is -2.32. The summed E-state index contributed by atoms with van der Waals surface area (Å²) in [5.41, 5.74) is 4.59. The molecule has 0 spiro atoms. The van der Waals surface area contributed by atoms with Crippen molar-refractivity contribution >= 4 is 40.0 Å². The summed E-state index contributed by atoms with van der Waals surface area (Å²) in [6.07, 6.45) is 0.234. The van der Waals surface area contributed by atoms with Crippen LogP contribution in [0.4, 0.5) is 5.69 Å². The maximum Gasteiger partial charge on any atom is 0.253 e. The number of hydrogen-bond donors (Lipinski definition) is 2. The number of allylic oxidation sites excluding steroid dienone is 1. The first kappa shape index (κ1) is 19.2. The third-order valence-corrected chi connectivity index (χ3v) is 5.77. The second-order valence-electron chi connectivity index (χ2n) is 7.29. The molecule has 7 heteroatoms. The number of nitrogens with zero attached hydrogens (tertiary/aromatic N) is 2. The average molecular weight is 409 g/mol. The van der Waals surface area contributed by atoms with Crippen LogP contribution in [0.3, 0.4) is 0 Å². The molecular weight excluding hydrogens is 388 g/mol. The van der Waals surface area contributed by atoms with E-state index in [2.05, 4.69) is 15.5 Å². The molecule has 3 aromatic rings. The number of carbonyl (C=O) groups excluding carboxylic acids is 2. The standard InChI is InChI=1S/C22H21ClN4O2/c1-12-17-10-16(8-9-19(17)26-25-12)24-22(29)21-13(2)27(3)20(28)11-18(21)14-4-6-15(23)7-5-14/h4-10,18H,11H2,1-3H3,(H,24,29)(H,25,26). The normalized spacial score (nSPS) is 17.2.